The van der Waals surface area contributed by atoms with Gasteiger partial charge in [-0.3, -0.25) is 4.98 Å². The molecule has 0 saturated heterocycles. The average Bonchev–Trinajstić information content (AvgIpc) is 2.51. The first-order valence-electron chi connectivity index (χ1n) is 8.07. The first kappa shape index (κ1) is 20.3. The third-order valence-corrected chi connectivity index (χ3v) is 3.71. The van der Waals surface area contributed by atoms with Gasteiger partial charge in [0.2, 0.25) is 0 Å². The van der Waals surface area contributed by atoms with Crippen molar-refractivity contribution in [3.8, 4) is 5.75 Å². The first-order chi connectivity index (χ1) is 11.3. The molecule has 0 saturated carbocycles. The molecule has 0 fully saturated rings. The van der Waals surface area contributed by atoms with E-state index in [4.69, 9.17) is 15.2 Å². The summed E-state index contributed by atoms with van der Waals surface area (Å²) < 4.78 is 10.5. The van der Waals surface area contributed by atoms with E-state index in [0.717, 1.165) is 6.42 Å². The lowest BCUT2D eigenvalue weighted by Crippen LogP contribution is -2.56. The molecule has 1 heterocycles. The second-order valence-corrected chi connectivity index (χ2v) is 6.32. The monoisotopic (exact) mass is 340 g/mol. The van der Waals surface area contributed by atoms with Crippen LogP contribution in [0.4, 0.5) is 0 Å². The van der Waals surface area contributed by atoms with Gasteiger partial charge in [-0.25, -0.2) is 4.79 Å². The van der Waals surface area contributed by atoms with Gasteiger partial charge in [-0.15, -0.1) is 0 Å². The van der Waals surface area contributed by atoms with E-state index in [1.54, 1.807) is 19.2 Å². The highest BCUT2D eigenvalue weighted by atomic mass is 16.5. The number of rotatable bonds is 11. The van der Waals surface area contributed by atoms with Crippen molar-refractivity contribution in [1.29, 1.82) is 0 Å². The standard InChI is InChI=1S/C17H28N2O5/c1-12(2)9-15(18)17(22,16(20)21)11-13-10-14(5-6-19-13)24-8-4-7-23-3/h5-6,10,12,15,22H,4,7-9,11,18H2,1-3H3,(H,20,21)/t15-,17+/m0/s1. The molecule has 4 N–H and O–H groups in total. The number of methoxy groups -OCH3 is 1. The van der Waals surface area contributed by atoms with Crippen LogP contribution in [0.15, 0.2) is 18.3 Å². The Morgan fingerprint density at radius 3 is 2.71 bits per heavy atom. The molecule has 0 aliphatic rings. The van der Waals surface area contributed by atoms with E-state index in [1.165, 1.54) is 6.20 Å². The summed E-state index contributed by atoms with van der Waals surface area (Å²) in [6, 6.07) is 2.43. The van der Waals surface area contributed by atoms with Crippen LogP contribution in [-0.2, 0) is 16.0 Å². The Kier molecular flexibility index (Phi) is 8.10. The van der Waals surface area contributed by atoms with Gasteiger partial charge in [-0.2, -0.15) is 0 Å². The summed E-state index contributed by atoms with van der Waals surface area (Å²) >= 11 is 0. The van der Waals surface area contributed by atoms with Gasteiger partial charge in [0.25, 0.3) is 0 Å². The third kappa shape index (κ3) is 6.07. The van der Waals surface area contributed by atoms with Crippen LogP contribution in [-0.4, -0.2) is 53.1 Å². The topological polar surface area (TPSA) is 115 Å². The van der Waals surface area contributed by atoms with Crippen LogP contribution in [0, 0.1) is 5.92 Å². The molecule has 1 aromatic heterocycles. The van der Waals surface area contributed by atoms with Crippen LogP contribution in [0.2, 0.25) is 0 Å². The molecule has 0 unspecified atom stereocenters. The SMILES string of the molecule is COCCCOc1ccnc(C[C@](O)(C(=O)O)[C@@H](N)CC(C)C)c1. The van der Waals surface area contributed by atoms with Crippen molar-refractivity contribution in [3.63, 3.8) is 0 Å². The largest absolute Gasteiger partial charge is 0.493 e. The predicted molar refractivity (Wildman–Crippen MR) is 89.9 cm³/mol. The van der Waals surface area contributed by atoms with Crippen molar-refractivity contribution in [2.75, 3.05) is 20.3 Å². The molecule has 0 aliphatic heterocycles. The molecule has 0 spiro atoms. The Balaban J connectivity index is 2.81. The third-order valence-electron chi connectivity index (χ3n) is 3.71. The molecule has 7 heteroatoms. The molecular weight excluding hydrogens is 312 g/mol. The number of aromatic nitrogens is 1. The Bertz CT molecular complexity index is 523. The summed E-state index contributed by atoms with van der Waals surface area (Å²) in [5.74, 6) is -0.598. The van der Waals surface area contributed by atoms with Gasteiger partial charge >= 0.3 is 5.97 Å². The first-order valence-corrected chi connectivity index (χ1v) is 8.07. The van der Waals surface area contributed by atoms with E-state index in [9.17, 15) is 15.0 Å². The van der Waals surface area contributed by atoms with Gasteiger partial charge in [0, 0.05) is 50.6 Å². The number of hydrogen-bond donors (Lipinski definition) is 3. The summed E-state index contributed by atoms with van der Waals surface area (Å²) in [5.41, 5.74) is 4.31. The Morgan fingerprint density at radius 2 is 2.12 bits per heavy atom. The molecule has 0 amide bonds. The molecule has 0 aromatic carbocycles. The molecule has 0 radical (unpaired) electrons. The lowest BCUT2D eigenvalue weighted by Gasteiger charge is -2.30. The summed E-state index contributed by atoms with van der Waals surface area (Å²) in [6.45, 7) is 4.93. The fourth-order valence-corrected chi connectivity index (χ4v) is 2.38. The fourth-order valence-electron chi connectivity index (χ4n) is 2.38. The highest BCUT2D eigenvalue weighted by Crippen LogP contribution is 2.23. The van der Waals surface area contributed by atoms with Gasteiger partial charge in [-0.05, 0) is 18.4 Å². The van der Waals surface area contributed by atoms with Crippen LogP contribution >= 0.6 is 0 Å². The van der Waals surface area contributed by atoms with Crippen molar-refractivity contribution < 1.29 is 24.5 Å². The second-order valence-electron chi connectivity index (χ2n) is 6.32. The van der Waals surface area contributed by atoms with Crippen molar-refractivity contribution in [3.05, 3.63) is 24.0 Å². The molecule has 136 valence electrons. The molecule has 24 heavy (non-hydrogen) atoms. The Hall–Kier alpha value is -1.70. The maximum atomic E-state index is 11.6. The van der Waals surface area contributed by atoms with E-state index < -0.39 is 17.6 Å². The molecule has 0 aliphatic carbocycles. The van der Waals surface area contributed by atoms with Gasteiger partial charge in [0.1, 0.15) is 5.75 Å². The van der Waals surface area contributed by atoms with Gasteiger partial charge in [-0.1, -0.05) is 13.8 Å². The summed E-state index contributed by atoms with van der Waals surface area (Å²) in [5, 5.41) is 20.0. The van der Waals surface area contributed by atoms with Crippen LogP contribution in [0.25, 0.3) is 0 Å². The summed E-state index contributed by atoms with van der Waals surface area (Å²) in [4.78, 5) is 15.7. The average molecular weight is 340 g/mol. The minimum Gasteiger partial charge on any atom is -0.493 e. The molecule has 2 atom stereocenters. The Morgan fingerprint density at radius 1 is 1.42 bits per heavy atom. The molecule has 0 bridgehead atoms. The van der Waals surface area contributed by atoms with Gasteiger partial charge < -0.3 is 25.4 Å². The smallest absolute Gasteiger partial charge is 0.337 e. The van der Waals surface area contributed by atoms with Crippen molar-refractivity contribution in [2.45, 2.75) is 44.8 Å². The van der Waals surface area contributed by atoms with Crippen LogP contribution in [0.1, 0.15) is 32.4 Å². The maximum absolute atomic E-state index is 11.6. The molecule has 1 rings (SSSR count). The number of carboxylic acid groups (broad SMARTS) is 1. The van der Waals surface area contributed by atoms with Crippen LogP contribution < -0.4 is 10.5 Å². The molecular formula is C17H28N2O5. The summed E-state index contributed by atoms with van der Waals surface area (Å²) in [7, 11) is 1.62. The molecule has 7 nitrogen and oxygen atoms in total. The molecule has 1 aromatic rings. The van der Waals surface area contributed by atoms with E-state index in [-0.39, 0.29) is 12.3 Å². The number of aliphatic carboxylic acids is 1. The zero-order chi connectivity index (χ0) is 18.2. The second kappa shape index (κ2) is 9.56. The number of nitrogens with two attached hydrogens (primary N) is 1. The zero-order valence-electron chi connectivity index (χ0n) is 14.6. The van der Waals surface area contributed by atoms with E-state index in [1.807, 2.05) is 13.8 Å². The van der Waals surface area contributed by atoms with Crippen molar-refractivity contribution in [1.82, 2.24) is 4.98 Å². The number of carboxylic acids is 1. The zero-order valence-corrected chi connectivity index (χ0v) is 14.6. The van der Waals surface area contributed by atoms with Crippen molar-refractivity contribution >= 4 is 5.97 Å². The number of hydrogen-bond acceptors (Lipinski definition) is 6. The fraction of sp³-hybridized carbons (Fsp3) is 0.647. The van der Waals surface area contributed by atoms with E-state index in [2.05, 4.69) is 4.98 Å². The van der Waals surface area contributed by atoms with E-state index >= 15 is 0 Å². The van der Waals surface area contributed by atoms with Gasteiger partial charge in [0.15, 0.2) is 5.60 Å². The quantitative estimate of drug-likeness (QED) is 0.519. The minimum atomic E-state index is -2.06. The lowest BCUT2D eigenvalue weighted by molar-refractivity contribution is -0.161. The van der Waals surface area contributed by atoms with Gasteiger partial charge in [0.05, 0.1) is 6.61 Å². The number of carbonyl (C=O) groups is 1. The summed E-state index contributed by atoms with van der Waals surface area (Å²) in [6.07, 6.45) is 2.49. The Labute approximate surface area is 142 Å². The number of pyridine rings is 1. The normalized spacial score (nSPS) is 15.1. The lowest BCUT2D eigenvalue weighted by atomic mass is 9.84. The number of nitrogens with zero attached hydrogens (tertiary/aromatic N) is 1. The number of aliphatic hydroxyl groups is 1. The minimum absolute atomic E-state index is 0.175. The van der Waals surface area contributed by atoms with Crippen LogP contribution in [0.5, 0.6) is 5.75 Å². The highest BCUT2D eigenvalue weighted by Gasteiger charge is 2.43. The van der Waals surface area contributed by atoms with Crippen LogP contribution in [0.3, 0.4) is 0 Å². The predicted octanol–water partition coefficient (Wildman–Crippen LogP) is 1.23. The maximum Gasteiger partial charge on any atom is 0.337 e. The highest BCUT2D eigenvalue weighted by molar-refractivity contribution is 5.78. The van der Waals surface area contributed by atoms with Crippen molar-refractivity contribution in [2.24, 2.45) is 11.7 Å². The number of ether oxygens (including phenoxy) is 2. The van der Waals surface area contributed by atoms with E-state index in [0.29, 0.717) is 31.1 Å².